The first-order chi connectivity index (χ1) is 7.20. The van der Waals surface area contributed by atoms with Gasteiger partial charge in [0.15, 0.2) is 0 Å². The third-order valence-electron chi connectivity index (χ3n) is 2.50. The van der Waals surface area contributed by atoms with Crippen LogP contribution in [0.15, 0.2) is 6.33 Å². The summed E-state index contributed by atoms with van der Waals surface area (Å²) in [6.45, 7) is 5.49. The van der Waals surface area contributed by atoms with E-state index in [1.165, 1.54) is 25.7 Å². The monoisotopic (exact) mass is 229 g/mol. The Hall–Kier alpha value is -0.570. The summed E-state index contributed by atoms with van der Waals surface area (Å²) in [6, 6.07) is 0. The molecule has 0 N–H and O–H groups in total. The Kier molecular flexibility index (Phi) is 5.69. The molecular formula is C11H20ClN3. The Labute approximate surface area is 96.8 Å². The van der Waals surface area contributed by atoms with E-state index in [1.807, 2.05) is 4.57 Å². The van der Waals surface area contributed by atoms with Crippen molar-refractivity contribution in [2.75, 3.05) is 0 Å². The Morgan fingerprint density at radius 2 is 2.00 bits per heavy atom. The topological polar surface area (TPSA) is 30.7 Å². The second-order valence-electron chi connectivity index (χ2n) is 4.39. The smallest absolute Gasteiger partial charge is 0.224 e. The van der Waals surface area contributed by atoms with Crippen molar-refractivity contribution in [3.8, 4) is 0 Å². The van der Waals surface area contributed by atoms with Crippen molar-refractivity contribution in [1.82, 2.24) is 14.8 Å². The fraction of sp³-hybridized carbons (Fsp3) is 0.818. The number of aryl methyl sites for hydroxylation is 1. The summed E-state index contributed by atoms with van der Waals surface area (Å²) in [5, 5.41) is 7.97. The molecule has 0 spiro atoms. The van der Waals surface area contributed by atoms with Crippen LogP contribution in [-0.4, -0.2) is 14.8 Å². The molecule has 0 saturated carbocycles. The fourth-order valence-electron chi connectivity index (χ4n) is 1.58. The van der Waals surface area contributed by atoms with Crippen LogP contribution >= 0.6 is 11.6 Å². The zero-order valence-electron chi connectivity index (χ0n) is 9.62. The summed E-state index contributed by atoms with van der Waals surface area (Å²) in [4.78, 5) is 0. The summed E-state index contributed by atoms with van der Waals surface area (Å²) < 4.78 is 1.89. The maximum atomic E-state index is 5.81. The fourth-order valence-corrected chi connectivity index (χ4v) is 1.75. The second-order valence-corrected chi connectivity index (χ2v) is 4.73. The molecule has 15 heavy (non-hydrogen) atoms. The standard InChI is InChI=1S/C11H20ClN3/c1-10(2)7-5-3-4-6-8-15-9-13-14-11(15)12/h9-10H,3-8H2,1-2H3. The average molecular weight is 230 g/mol. The van der Waals surface area contributed by atoms with Gasteiger partial charge in [-0.1, -0.05) is 39.5 Å². The first-order valence-corrected chi connectivity index (χ1v) is 6.11. The van der Waals surface area contributed by atoms with Crippen molar-refractivity contribution in [3.05, 3.63) is 11.6 Å². The van der Waals surface area contributed by atoms with Crippen LogP contribution in [0.1, 0.15) is 46.0 Å². The molecule has 0 aromatic carbocycles. The van der Waals surface area contributed by atoms with E-state index in [2.05, 4.69) is 24.0 Å². The van der Waals surface area contributed by atoms with E-state index < -0.39 is 0 Å². The summed E-state index contributed by atoms with van der Waals surface area (Å²) in [5.41, 5.74) is 0. The van der Waals surface area contributed by atoms with E-state index in [0.29, 0.717) is 5.28 Å². The minimum atomic E-state index is 0.497. The van der Waals surface area contributed by atoms with Crippen molar-refractivity contribution in [3.63, 3.8) is 0 Å². The Balaban J connectivity index is 2.00. The molecular weight excluding hydrogens is 210 g/mol. The predicted octanol–water partition coefficient (Wildman–Crippen LogP) is 3.54. The molecule has 86 valence electrons. The predicted molar refractivity (Wildman–Crippen MR) is 63.0 cm³/mol. The van der Waals surface area contributed by atoms with Crippen LogP contribution in [-0.2, 0) is 6.54 Å². The summed E-state index contributed by atoms with van der Waals surface area (Å²) in [5.74, 6) is 0.831. The number of nitrogens with zero attached hydrogens (tertiary/aromatic N) is 3. The van der Waals surface area contributed by atoms with Crippen molar-refractivity contribution in [1.29, 1.82) is 0 Å². The molecule has 0 saturated heterocycles. The number of hydrogen-bond acceptors (Lipinski definition) is 2. The van der Waals surface area contributed by atoms with Gasteiger partial charge in [0.1, 0.15) is 6.33 Å². The molecule has 0 amide bonds. The lowest BCUT2D eigenvalue weighted by Gasteiger charge is -2.05. The molecule has 0 aliphatic rings. The lowest BCUT2D eigenvalue weighted by Crippen LogP contribution is -1.96. The first-order valence-electron chi connectivity index (χ1n) is 5.73. The van der Waals surface area contributed by atoms with Gasteiger partial charge in [0.2, 0.25) is 5.28 Å². The molecule has 0 unspecified atom stereocenters. The Bertz CT molecular complexity index is 271. The summed E-state index contributed by atoms with van der Waals surface area (Å²) in [7, 11) is 0. The molecule has 1 heterocycles. The highest BCUT2D eigenvalue weighted by Crippen LogP contribution is 2.11. The van der Waals surface area contributed by atoms with Gasteiger partial charge in [-0.05, 0) is 23.9 Å². The molecule has 3 nitrogen and oxygen atoms in total. The number of hydrogen-bond donors (Lipinski definition) is 0. The summed E-state index contributed by atoms with van der Waals surface area (Å²) >= 11 is 5.81. The molecule has 0 aliphatic heterocycles. The first kappa shape index (κ1) is 12.5. The molecule has 1 rings (SSSR count). The lowest BCUT2D eigenvalue weighted by atomic mass is 10.0. The maximum Gasteiger partial charge on any atom is 0.224 e. The Morgan fingerprint density at radius 3 is 2.60 bits per heavy atom. The van der Waals surface area contributed by atoms with Gasteiger partial charge < -0.3 is 4.57 Å². The summed E-state index contributed by atoms with van der Waals surface area (Å²) in [6.07, 6.45) is 8.12. The number of halogens is 1. The molecule has 1 aromatic heterocycles. The molecule has 0 atom stereocenters. The quantitative estimate of drug-likeness (QED) is 0.670. The minimum absolute atomic E-state index is 0.497. The third kappa shape index (κ3) is 5.17. The van der Waals surface area contributed by atoms with Crippen LogP contribution in [0.2, 0.25) is 5.28 Å². The van der Waals surface area contributed by atoms with Crippen molar-refractivity contribution in [2.24, 2.45) is 5.92 Å². The normalized spacial score (nSPS) is 11.2. The zero-order chi connectivity index (χ0) is 11.1. The molecule has 0 bridgehead atoms. The largest absolute Gasteiger partial charge is 0.304 e. The maximum absolute atomic E-state index is 5.81. The molecule has 0 radical (unpaired) electrons. The SMILES string of the molecule is CC(C)CCCCCCn1cnnc1Cl. The highest BCUT2D eigenvalue weighted by Gasteiger charge is 1.99. The highest BCUT2D eigenvalue weighted by atomic mass is 35.5. The van der Waals surface area contributed by atoms with E-state index >= 15 is 0 Å². The van der Waals surface area contributed by atoms with E-state index in [1.54, 1.807) is 6.33 Å². The van der Waals surface area contributed by atoms with Gasteiger partial charge in [0.25, 0.3) is 0 Å². The minimum Gasteiger partial charge on any atom is -0.304 e. The molecule has 0 aliphatic carbocycles. The van der Waals surface area contributed by atoms with Crippen molar-refractivity contribution >= 4 is 11.6 Å². The third-order valence-corrected chi connectivity index (χ3v) is 2.79. The Morgan fingerprint density at radius 1 is 1.27 bits per heavy atom. The molecule has 1 aromatic rings. The molecule has 0 fully saturated rings. The van der Waals surface area contributed by atoms with Gasteiger partial charge in [-0.2, -0.15) is 0 Å². The van der Waals surface area contributed by atoms with Gasteiger partial charge in [-0.25, -0.2) is 0 Å². The zero-order valence-corrected chi connectivity index (χ0v) is 10.4. The average Bonchev–Trinajstić information content (AvgIpc) is 2.57. The van der Waals surface area contributed by atoms with Crippen LogP contribution in [0.5, 0.6) is 0 Å². The van der Waals surface area contributed by atoms with Gasteiger partial charge in [0.05, 0.1) is 0 Å². The van der Waals surface area contributed by atoms with Crippen LogP contribution in [0, 0.1) is 5.92 Å². The van der Waals surface area contributed by atoms with Crippen LogP contribution < -0.4 is 0 Å². The number of rotatable bonds is 7. The van der Waals surface area contributed by atoms with E-state index in [9.17, 15) is 0 Å². The van der Waals surface area contributed by atoms with Gasteiger partial charge in [-0.15, -0.1) is 10.2 Å². The highest BCUT2D eigenvalue weighted by molar-refractivity contribution is 6.28. The van der Waals surface area contributed by atoms with E-state index in [4.69, 9.17) is 11.6 Å². The van der Waals surface area contributed by atoms with Gasteiger partial charge in [-0.3, -0.25) is 0 Å². The van der Waals surface area contributed by atoms with Crippen molar-refractivity contribution in [2.45, 2.75) is 52.5 Å². The van der Waals surface area contributed by atoms with Crippen LogP contribution in [0.3, 0.4) is 0 Å². The van der Waals surface area contributed by atoms with Gasteiger partial charge >= 0.3 is 0 Å². The number of aromatic nitrogens is 3. The van der Waals surface area contributed by atoms with E-state index in [0.717, 1.165) is 18.9 Å². The molecule has 4 heteroatoms. The lowest BCUT2D eigenvalue weighted by molar-refractivity contribution is 0.505. The van der Waals surface area contributed by atoms with Crippen LogP contribution in [0.25, 0.3) is 0 Å². The van der Waals surface area contributed by atoms with Gasteiger partial charge in [0, 0.05) is 6.54 Å². The van der Waals surface area contributed by atoms with E-state index in [-0.39, 0.29) is 0 Å². The second kappa shape index (κ2) is 6.83. The van der Waals surface area contributed by atoms with Crippen LogP contribution in [0.4, 0.5) is 0 Å². The number of unbranched alkanes of at least 4 members (excludes halogenated alkanes) is 3. The van der Waals surface area contributed by atoms with Crippen molar-refractivity contribution < 1.29 is 0 Å².